The van der Waals surface area contributed by atoms with Crippen LogP contribution in [0.3, 0.4) is 0 Å². The topological polar surface area (TPSA) is 89.7 Å². The lowest BCUT2D eigenvalue weighted by atomic mass is 10.1. The zero-order chi connectivity index (χ0) is 14.9. The number of carbonyl (C=O) groups excluding carboxylic acids is 1. The third-order valence-electron chi connectivity index (χ3n) is 3.45. The monoisotopic (exact) mass is 298 g/mol. The molecular weight excluding hydrogens is 280 g/mol. The van der Waals surface area contributed by atoms with Gasteiger partial charge in [-0.05, 0) is 30.5 Å². The Morgan fingerprint density at radius 1 is 1.45 bits per heavy atom. The largest absolute Gasteiger partial charge is 0.469 e. The van der Waals surface area contributed by atoms with E-state index in [1.807, 2.05) is 13.0 Å². The number of esters is 1. The second-order valence-corrected chi connectivity index (χ2v) is 6.81. The normalized spacial score (nSPS) is 14.2. The molecule has 20 heavy (non-hydrogen) atoms. The van der Waals surface area contributed by atoms with Crippen LogP contribution in [0.5, 0.6) is 0 Å². The predicted molar refractivity (Wildman–Crippen MR) is 77.1 cm³/mol. The molecule has 2 rings (SSSR count). The number of nitrogens with zero attached hydrogens (tertiary/aromatic N) is 1. The molecule has 0 aromatic heterocycles. The summed E-state index contributed by atoms with van der Waals surface area (Å²) < 4.78 is 30.4. The minimum Gasteiger partial charge on any atom is -0.469 e. The van der Waals surface area contributed by atoms with Crippen LogP contribution in [0.25, 0.3) is 0 Å². The number of carbonyl (C=O) groups is 1. The molecule has 0 aliphatic carbocycles. The molecule has 1 heterocycles. The summed E-state index contributed by atoms with van der Waals surface area (Å²) in [4.78, 5) is 11.1. The summed E-state index contributed by atoms with van der Waals surface area (Å²) in [6.45, 7) is 2.28. The van der Waals surface area contributed by atoms with Gasteiger partial charge in [0.05, 0.1) is 25.0 Å². The second kappa shape index (κ2) is 5.32. The third-order valence-corrected chi connectivity index (χ3v) is 5.22. The van der Waals surface area contributed by atoms with Crippen molar-refractivity contribution in [3.8, 4) is 0 Å². The van der Waals surface area contributed by atoms with Gasteiger partial charge in [0, 0.05) is 12.2 Å². The van der Waals surface area contributed by atoms with E-state index in [0.717, 1.165) is 11.1 Å². The molecule has 1 aliphatic heterocycles. The van der Waals surface area contributed by atoms with Gasteiger partial charge in [-0.1, -0.05) is 6.07 Å². The molecule has 1 aliphatic rings. The number of hydrogen-bond acceptors (Lipinski definition) is 5. The average Bonchev–Trinajstić information content (AvgIpc) is 2.80. The number of ether oxygens (including phenoxy) is 1. The molecule has 0 bridgehead atoms. The Bertz CT molecular complexity index is 640. The molecule has 7 heteroatoms. The van der Waals surface area contributed by atoms with E-state index in [0.29, 0.717) is 24.3 Å². The number of nitrogen functional groups attached to an aromatic ring is 1. The molecule has 1 aromatic carbocycles. The molecule has 2 N–H and O–H groups in total. The first-order valence-corrected chi connectivity index (χ1v) is 7.92. The van der Waals surface area contributed by atoms with Crippen LogP contribution in [0.4, 0.5) is 11.4 Å². The Morgan fingerprint density at radius 2 is 2.15 bits per heavy atom. The molecule has 0 saturated heterocycles. The van der Waals surface area contributed by atoms with Crippen molar-refractivity contribution < 1.29 is 17.9 Å². The lowest BCUT2D eigenvalue weighted by molar-refractivity contribution is -0.140. The first kappa shape index (κ1) is 14.6. The number of aryl methyl sites for hydroxylation is 1. The maximum absolute atomic E-state index is 12.3. The predicted octanol–water partition coefficient (Wildman–Crippen LogP) is 0.833. The number of fused-ring (bicyclic) bond motifs is 1. The minimum absolute atomic E-state index is 0.147. The standard InChI is InChI=1S/C13H18N2O4S/c1-9-7-10-3-5-15(12(10)8-11(9)14)20(17,18)6-4-13(16)19-2/h7-8H,3-6,14H2,1-2H3. The van der Waals surface area contributed by atoms with Crippen molar-refractivity contribution in [2.45, 2.75) is 19.8 Å². The van der Waals surface area contributed by atoms with Crippen LogP contribution in [0, 0.1) is 6.92 Å². The molecule has 0 fully saturated rings. The Morgan fingerprint density at radius 3 is 2.80 bits per heavy atom. The maximum Gasteiger partial charge on any atom is 0.306 e. The SMILES string of the molecule is COC(=O)CCS(=O)(=O)N1CCc2cc(C)c(N)cc21. The quantitative estimate of drug-likeness (QED) is 0.657. The van der Waals surface area contributed by atoms with Gasteiger partial charge in [0.15, 0.2) is 0 Å². The molecule has 0 amide bonds. The number of rotatable bonds is 4. The fourth-order valence-corrected chi connectivity index (χ4v) is 3.74. The summed E-state index contributed by atoms with van der Waals surface area (Å²) in [6.07, 6.45) is 0.514. The first-order valence-electron chi connectivity index (χ1n) is 6.31. The van der Waals surface area contributed by atoms with Gasteiger partial charge < -0.3 is 10.5 Å². The summed E-state index contributed by atoms with van der Waals surface area (Å²) in [7, 11) is -2.29. The third kappa shape index (κ3) is 2.72. The van der Waals surface area contributed by atoms with E-state index in [2.05, 4.69) is 4.74 Å². The van der Waals surface area contributed by atoms with Crippen molar-refractivity contribution in [1.82, 2.24) is 0 Å². The fraction of sp³-hybridized carbons (Fsp3) is 0.462. The Kier molecular flexibility index (Phi) is 3.89. The highest BCUT2D eigenvalue weighted by molar-refractivity contribution is 7.92. The summed E-state index contributed by atoms with van der Waals surface area (Å²) >= 11 is 0. The molecule has 0 spiro atoms. The van der Waals surface area contributed by atoms with Gasteiger partial charge in [0.2, 0.25) is 10.0 Å². The Hall–Kier alpha value is -1.76. The zero-order valence-corrected chi connectivity index (χ0v) is 12.4. The van der Waals surface area contributed by atoms with Gasteiger partial charge in [-0.3, -0.25) is 9.10 Å². The molecule has 1 aromatic rings. The van der Waals surface area contributed by atoms with E-state index in [1.165, 1.54) is 11.4 Å². The molecule has 6 nitrogen and oxygen atoms in total. The van der Waals surface area contributed by atoms with Crippen LogP contribution in [-0.2, 0) is 26.0 Å². The summed E-state index contributed by atoms with van der Waals surface area (Å²) in [5.41, 5.74) is 8.95. The van der Waals surface area contributed by atoms with E-state index >= 15 is 0 Å². The van der Waals surface area contributed by atoms with Crippen LogP contribution in [0.2, 0.25) is 0 Å². The van der Waals surface area contributed by atoms with Gasteiger partial charge in [-0.2, -0.15) is 0 Å². The molecule has 110 valence electrons. The van der Waals surface area contributed by atoms with Crippen LogP contribution in [0.1, 0.15) is 17.5 Å². The highest BCUT2D eigenvalue weighted by atomic mass is 32.2. The van der Waals surface area contributed by atoms with E-state index < -0.39 is 16.0 Å². The zero-order valence-electron chi connectivity index (χ0n) is 11.5. The van der Waals surface area contributed by atoms with E-state index in [4.69, 9.17) is 5.73 Å². The van der Waals surface area contributed by atoms with Crippen molar-refractivity contribution in [2.75, 3.05) is 29.4 Å². The van der Waals surface area contributed by atoms with Crippen LogP contribution in [0.15, 0.2) is 12.1 Å². The maximum atomic E-state index is 12.3. The second-order valence-electron chi connectivity index (χ2n) is 4.80. The smallest absolute Gasteiger partial charge is 0.306 e. The molecule has 0 saturated carbocycles. The Balaban J connectivity index is 2.25. The van der Waals surface area contributed by atoms with Gasteiger partial charge >= 0.3 is 5.97 Å². The van der Waals surface area contributed by atoms with Gasteiger partial charge in [-0.25, -0.2) is 8.42 Å². The lowest BCUT2D eigenvalue weighted by Gasteiger charge is -2.19. The van der Waals surface area contributed by atoms with E-state index in [9.17, 15) is 13.2 Å². The van der Waals surface area contributed by atoms with E-state index in [1.54, 1.807) is 6.07 Å². The first-order chi connectivity index (χ1) is 9.35. The number of benzene rings is 1. The van der Waals surface area contributed by atoms with Crippen molar-refractivity contribution in [3.63, 3.8) is 0 Å². The molecule has 0 radical (unpaired) electrons. The number of hydrogen-bond donors (Lipinski definition) is 1. The van der Waals surface area contributed by atoms with Crippen LogP contribution >= 0.6 is 0 Å². The summed E-state index contributed by atoms with van der Waals surface area (Å²) in [6, 6.07) is 3.61. The Labute approximate surface area is 118 Å². The molecule has 0 unspecified atom stereocenters. The van der Waals surface area contributed by atoms with Crippen molar-refractivity contribution in [2.24, 2.45) is 0 Å². The number of anilines is 2. The molecular formula is C13H18N2O4S. The summed E-state index contributed by atoms with van der Waals surface area (Å²) in [5.74, 6) is -0.788. The van der Waals surface area contributed by atoms with Gasteiger partial charge in [0.25, 0.3) is 0 Å². The van der Waals surface area contributed by atoms with Crippen molar-refractivity contribution >= 4 is 27.4 Å². The summed E-state index contributed by atoms with van der Waals surface area (Å²) in [5, 5.41) is 0. The van der Waals surface area contributed by atoms with Crippen molar-refractivity contribution in [3.05, 3.63) is 23.3 Å². The fourth-order valence-electron chi connectivity index (χ4n) is 2.26. The van der Waals surface area contributed by atoms with Gasteiger partial charge in [0.1, 0.15) is 0 Å². The highest BCUT2D eigenvalue weighted by Gasteiger charge is 2.30. The highest BCUT2D eigenvalue weighted by Crippen LogP contribution is 2.34. The molecule has 0 atom stereocenters. The number of nitrogens with two attached hydrogens (primary N) is 1. The van der Waals surface area contributed by atoms with Crippen molar-refractivity contribution in [1.29, 1.82) is 0 Å². The lowest BCUT2D eigenvalue weighted by Crippen LogP contribution is -2.32. The minimum atomic E-state index is -3.53. The van der Waals surface area contributed by atoms with Crippen LogP contribution < -0.4 is 10.0 Å². The van der Waals surface area contributed by atoms with E-state index in [-0.39, 0.29) is 12.2 Å². The average molecular weight is 298 g/mol. The number of methoxy groups -OCH3 is 1. The van der Waals surface area contributed by atoms with Crippen LogP contribution in [-0.4, -0.2) is 33.8 Å². The number of sulfonamides is 1. The van der Waals surface area contributed by atoms with Gasteiger partial charge in [-0.15, -0.1) is 0 Å².